The fourth-order valence-corrected chi connectivity index (χ4v) is 4.36. The van der Waals surface area contributed by atoms with Gasteiger partial charge in [-0.05, 0) is 30.9 Å². The molecule has 1 fully saturated rings. The summed E-state index contributed by atoms with van der Waals surface area (Å²) in [7, 11) is 0. The number of rotatable bonds is 2. The predicted octanol–water partition coefficient (Wildman–Crippen LogP) is 4.56. The average molecular weight is 270 g/mol. The largest absolute Gasteiger partial charge is 0.241 e. The molecule has 0 aliphatic heterocycles. The Kier molecular flexibility index (Phi) is 3.28. The molecule has 2 aromatic rings. The van der Waals surface area contributed by atoms with Gasteiger partial charge in [-0.2, -0.15) is 5.26 Å². The summed E-state index contributed by atoms with van der Waals surface area (Å²) in [4.78, 5) is 4.69. The van der Waals surface area contributed by atoms with E-state index in [0.717, 1.165) is 29.8 Å². The van der Waals surface area contributed by atoms with Gasteiger partial charge in [-0.1, -0.05) is 31.9 Å². The summed E-state index contributed by atoms with van der Waals surface area (Å²) in [6.45, 7) is 2.27. The van der Waals surface area contributed by atoms with Gasteiger partial charge in [-0.15, -0.1) is 11.3 Å². The van der Waals surface area contributed by atoms with Crippen LogP contribution in [-0.4, -0.2) is 4.98 Å². The monoisotopic (exact) mass is 270 g/mol. The number of nitrogens with zero attached hydrogens (tertiary/aromatic N) is 2. The second-order valence-corrected chi connectivity index (χ2v) is 6.96. The van der Waals surface area contributed by atoms with Gasteiger partial charge in [0.15, 0.2) is 0 Å². The van der Waals surface area contributed by atoms with Gasteiger partial charge in [0.1, 0.15) is 0 Å². The number of thiazole rings is 1. The molecule has 1 aliphatic rings. The quantitative estimate of drug-likeness (QED) is 0.802. The highest BCUT2D eigenvalue weighted by molar-refractivity contribution is 7.18. The van der Waals surface area contributed by atoms with E-state index in [-0.39, 0.29) is 5.41 Å². The number of benzene rings is 1. The zero-order valence-corrected chi connectivity index (χ0v) is 12.0. The molecule has 0 bridgehead atoms. The molecule has 0 radical (unpaired) electrons. The highest BCUT2D eigenvalue weighted by Crippen LogP contribution is 2.42. The molecule has 0 saturated heterocycles. The van der Waals surface area contributed by atoms with Crippen LogP contribution in [0.4, 0.5) is 0 Å². The smallest absolute Gasteiger partial charge is 0.0954 e. The van der Waals surface area contributed by atoms with Crippen molar-refractivity contribution in [3.05, 3.63) is 29.3 Å². The lowest BCUT2D eigenvalue weighted by Crippen LogP contribution is -2.28. The summed E-state index contributed by atoms with van der Waals surface area (Å²) in [5, 5.41) is 10.7. The molecule has 0 amide bonds. The minimum absolute atomic E-state index is 0.175. The minimum Gasteiger partial charge on any atom is -0.241 e. The average Bonchev–Trinajstić information content (AvgIpc) is 2.80. The van der Waals surface area contributed by atoms with Crippen LogP contribution in [0.1, 0.15) is 37.6 Å². The number of nitriles is 1. The molecule has 0 spiro atoms. The van der Waals surface area contributed by atoms with Gasteiger partial charge in [0, 0.05) is 6.42 Å². The molecule has 1 aromatic heterocycles. The first-order chi connectivity index (χ1) is 9.21. The van der Waals surface area contributed by atoms with Gasteiger partial charge in [-0.25, -0.2) is 4.98 Å². The molecular weight excluding hydrogens is 252 g/mol. The van der Waals surface area contributed by atoms with Gasteiger partial charge < -0.3 is 0 Å². The van der Waals surface area contributed by atoms with Gasteiger partial charge in [0.05, 0.1) is 26.7 Å². The maximum absolute atomic E-state index is 9.62. The molecule has 3 heteroatoms. The molecule has 2 nitrogen and oxygen atoms in total. The van der Waals surface area contributed by atoms with Gasteiger partial charge in [0.25, 0.3) is 0 Å². The fourth-order valence-electron chi connectivity index (χ4n) is 3.25. The van der Waals surface area contributed by atoms with Gasteiger partial charge >= 0.3 is 0 Å². The van der Waals surface area contributed by atoms with Crippen molar-refractivity contribution in [2.24, 2.45) is 11.3 Å². The zero-order chi connectivity index (χ0) is 13.3. The Balaban J connectivity index is 1.88. The SMILES string of the molecule is CC1CCCC(C#N)(Cc2nc3ccccc3s2)C1. The van der Waals surface area contributed by atoms with Gasteiger partial charge in [0.2, 0.25) is 0 Å². The Hall–Kier alpha value is -1.40. The first-order valence-electron chi connectivity index (χ1n) is 6.96. The maximum Gasteiger partial charge on any atom is 0.0954 e. The number of hydrogen-bond acceptors (Lipinski definition) is 3. The maximum atomic E-state index is 9.62. The Bertz CT molecular complexity index is 592. The first kappa shape index (κ1) is 12.6. The van der Waals surface area contributed by atoms with Crippen LogP contribution < -0.4 is 0 Å². The molecule has 0 N–H and O–H groups in total. The summed E-state index contributed by atoms with van der Waals surface area (Å²) in [5.41, 5.74) is 0.894. The molecule has 98 valence electrons. The Morgan fingerprint density at radius 2 is 2.32 bits per heavy atom. The summed E-state index contributed by atoms with van der Waals surface area (Å²) in [6.07, 6.45) is 5.33. The predicted molar refractivity (Wildman–Crippen MR) is 79.0 cm³/mol. The third kappa shape index (κ3) is 2.50. The van der Waals surface area contributed by atoms with Crippen molar-refractivity contribution in [2.75, 3.05) is 0 Å². The Labute approximate surface area is 118 Å². The lowest BCUT2D eigenvalue weighted by molar-refractivity contribution is 0.209. The van der Waals surface area contributed by atoms with Crippen molar-refractivity contribution in [3.63, 3.8) is 0 Å². The van der Waals surface area contributed by atoms with Crippen molar-refractivity contribution in [3.8, 4) is 6.07 Å². The first-order valence-corrected chi connectivity index (χ1v) is 7.78. The lowest BCUT2D eigenvalue weighted by atomic mass is 9.69. The van der Waals surface area contributed by atoms with Crippen molar-refractivity contribution in [2.45, 2.75) is 39.0 Å². The van der Waals surface area contributed by atoms with Gasteiger partial charge in [-0.3, -0.25) is 0 Å². The van der Waals surface area contributed by atoms with E-state index < -0.39 is 0 Å². The van der Waals surface area contributed by atoms with Crippen LogP contribution in [0.15, 0.2) is 24.3 Å². The molecule has 3 rings (SSSR count). The second kappa shape index (κ2) is 4.94. The van der Waals surface area contributed by atoms with Crippen LogP contribution in [0, 0.1) is 22.7 Å². The topological polar surface area (TPSA) is 36.7 Å². The van der Waals surface area contributed by atoms with Crippen molar-refractivity contribution >= 4 is 21.6 Å². The highest BCUT2D eigenvalue weighted by atomic mass is 32.1. The van der Waals surface area contributed by atoms with Crippen LogP contribution in [-0.2, 0) is 6.42 Å². The molecule has 1 aliphatic carbocycles. The number of aromatic nitrogens is 1. The van der Waals surface area contributed by atoms with Crippen molar-refractivity contribution in [1.82, 2.24) is 4.98 Å². The van der Waals surface area contributed by atoms with E-state index in [1.165, 1.54) is 17.5 Å². The van der Waals surface area contributed by atoms with Crippen molar-refractivity contribution in [1.29, 1.82) is 5.26 Å². The van der Waals surface area contributed by atoms with E-state index in [1.54, 1.807) is 11.3 Å². The third-order valence-corrected chi connectivity index (χ3v) is 5.19. The van der Waals surface area contributed by atoms with Crippen LogP contribution in [0.2, 0.25) is 0 Å². The molecule has 1 heterocycles. The molecule has 2 unspecified atom stereocenters. The van der Waals surface area contributed by atoms with E-state index in [2.05, 4.69) is 25.1 Å². The molecule has 2 atom stereocenters. The molecular formula is C16H18N2S. The number of fused-ring (bicyclic) bond motifs is 1. The van der Waals surface area contributed by atoms with E-state index in [9.17, 15) is 5.26 Å². The van der Waals surface area contributed by atoms with E-state index in [0.29, 0.717) is 5.92 Å². The highest BCUT2D eigenvalue weighted by Gasteiger charge is 2.36. The second-order valence-electron chi connectivity index (χ2n) is 5.85. The zero-order valence-electron chi connectivity index (χ0n) is 11.2. The molecule has 19 heavy (non-hydrogen) atoms. The summed E-state index contributed by atoms with van der Waals surface area (Å²) >= 11 is 1.74. The van der Waals surface area contributed by atoms with E-state index >= 15 is 0 Å². The van der Waals surface area contributed by atoms with Crippen LogP contribution >= 0.6 is 11.3 Å². The lowest BCUT2D eigenvalue weighted by Gasteiger charge is -2.33. The summed E-state index contributed by atoms with van der Waals surface area (Å²) in [6, 6.07) is 10.8. The van der Waals surface area contributed by atoms with Crippen LogP contribution in [0.3, 0.4) is 0 Å². The Morgan fingerprint density at radius 3 is 3.05 bits per heavy atom. The molecule has 1 saturated carbocycles. The summed E-state index contributed by atoms with van der Waals surface area (Å²) < 4.78 is 1.23. The van der Waals surface area contributed by atoms with Crippen LogP contribution in [0.5, 0.6) is 0 Å². The number of para-hydroxylation sites is 1. The Morgan fingerprint density at radius 1 is 1.47 bits per heavy atom. The number of hydrogen-bond donors (Lipinski definition) is 0. The van der Waals surface area contributed by atoms with Crippen molar-refractivity contribution < 1.29 is 0 Å². The summed E-state index contributed by atoms with van der Waals surface area (Å²) in [5.74, 6) is 0.669. The fraction of sp³-hybridized carbons (Fsp3) is 0.500. The minimum atomic E-state index is -0.175. The van der Waals surface area contributed by atoms with E-state index in [1.807, 2.05) is 12.1 Å². The normalized spacial score (nSPS) is 27.3. The third-order valence-electron chi connectivity index (χ3n) is 4.16. The molecule has 1 aromatic carbocycles. The van der Waals surface area contributed by atoms with Crippen LogP contribution in [0.25, 0.3) is 10.2 Å². The standard InChI is InChI=1S/C16H18N2S/c1-12-5-4-8-16(9-12,11-17)10-15-18-13-6-2-3-7-14(13)19-15/h2-3,6-7,12H,4-5,8-10H2,1H3. The van der Waals surface area contributed by atoms with E-state index in [4.69, 9.17) is 4.98 Å².